The van der Waals surface area contributed by atoms with E-state index in [1.165, 1.54) is 21.2 Å². The van der Waals surface area contributed by atoms with E-state index in [-0.39, 0.29) is 6.04 Å². The molecule has 0 fully saturated rings. The maximum absolute atomic E-state index is 6.30. The van der Waals surface area contributed by atoms with Crippen LogP contribution in [0.4, 0.5) is 0 Å². The van der Waals surface area contributed by atoms with Crippen molar-refractivity contribution in [3.8, 4) is 0 Å². The van der Waals surface area contributed by atoms with Crippen LogP contribution in [0.25, 0.3) is 10.8 Å². The van der Waals surface area contributed by atoms with Crippen LogP contribution in [0.15, 0.2) is 58.4 Å². The molecule has 19 heavy (non-hydrogen) atoms. The van der Waals surface area contributed by atoms with Crippen LogP contribution in [0.3, 0.4) is 0 Å². The Morgan fingerprint density at radius 1 is 1.05 bits per heavy atom. The van der Waals surface area contributed by atoms with E-state index in [2.05, 4.69) is 69.8 Å². The molecule has 1 unspecified atom stereocenters. The van der Waals surface area contributed by atoms with Crippen molar-refractivity contribution < 1.29 is 0 Å². The minimum Gasteiger partial charge on any atom is -0.323 e. The molecular weight excluding hydrogens is 318 g/mol. The SMILES string of the molecule is NC(Cc1ccc2ccccc2c1)c1sccc1Br. The van der Waals surface area contributed by atoms with E-state index in [0.29, 0.717) is 0 Å². The topological polar surface area (TPSA) is 26.0 Å². The van der Waals surface area contributed by atoms with Gasteiger partial charge in [-0.05, 0) is 50.1 Å². The van der Waals surface area contributed by atoms with Gasteiger partial charge in [0.05, 0.1) is 0 Å². The fraction of sp³-hybridized carbons (Fsp3) is 0.125. The van der Waals surface area contributed by atoms with Crippen LogP contribution in [-0.2, 0) is 6.42 Å². The van der Waals surface area contributed by atoms with Crippen LogP contribution in [0, 0.1) is 0 Å². The van der Waals surface area contributed by atoms with Gasteiger partial charge in [-0.2, -0.15) is 0 Å². The molecule has 0 aliphatic carbocycles. The number of hydrogen-bond donors (Lipinski definition) is 1. The highest BCUT2D eigenvalue weighted by Gasteiger charge is 2.12. The van der Waals surface area contributed by atoms with E-state index in [9.17, 15) is 0 Å². The van der Waals surface area contributed by atoms with E-state index in [1.807, 2.05) is 0 Å². The second-order valence-corrected chi connectivity index (χ2v) is 6.43. The molecule has 1 atom stereocenters. The summed E-state index contributed by atoms with van der Waals surface area (Å²) in [4.78, 5) is 1.22. The molecule has 3 heteroatoms. The highest BCUT2D eigenvalue weighted by Crippen LogP contribution is 2.30. The first-order valence-corrected chi connectivity index (χ1v) is 7.87. The number of rotatable bonds is 3. The van der Waals surface area contributed by atoms with Crippen molar-refractivity contribution in [2.24, 2.45) is 5.73 Å². The van der Waals surface area contributed by atoms with Gasteiger partial charge in [0.2, 0.25) is 0 Å². The van der Waals surface area contributed by atoms with Gasteiger partial charge in [-0.1, -0.05) is 42.5 Å². The van der Waals surface area contributed by atoms with Crippen LogP contribution in [0.5, 0.6) is 0 Å². The lowest BCUT2D eigenvalue weighted by molar-refractivity contribution is 0.734. The predicted octanol–water partition coefficient (Wildman–Crippen LogP) is 4.91. The predicted molar refractivity (Wildman–Crippen MR) is 86.6 cm³/mol. The summed E-state index contributed by atoms with van der Waals surface area (Å²) < 4.78 is 1.12. The molecule has 0 saturated heterocycles. The van der Waals surface area contributed by atoms with E-state index >= 15 is 0 Å². The largest absolute Gasteiger partial charge is 0.323 e. The molecule has 1 aromatic heterocycles. The molecule has 1 nitrogen and oxygen atoms in total. The maximum Gasteiger partial charge on any atom is 0.0442 e. The first-order chi connectivity index (χ1) is 9.24. The summed E-state index contributed by atoms with van der Waals surface area (Å²) in [7, 11) is 0. The molecule has 0 amide bonds. The van der Waals surface area contributed by atoms with Crippen molar-refractivity contribution >= 4 is 38.0 Å². The minimum absolute atomic E-state index is 0.0514. The highest BCUT2D eigenvalue weighted by molar-refractivity contribution is 9.10. The molecule has 0 aliphatic rings. The lowest BCUT2D eigenvalue weighted by atomic mass is 10.0. The number of fused-ring (bicyclic) bond motifs is 1. The van der Waals surface area contributed by atoms with Crippen LogP contribution in [0.1, 0.15) is 16.5 Å². The summed E-state index contributed by atoms with van der Waals surface area (Å²) in [6.07, 6.45) is 0.865. The van der Waals surface area contributed by atoms with E-state index in [1.54, 1.807) is 11.3 Å². The normalized spacial score (nSPS) is 12.7. The van der Waals surface area contributed by atoms with Crippen molar-refractivity contribution in [3.05, 3.63) is 68.8 Å². The Morgan fingerprint density at radius 3 is 2.58 bits per heavy atom. The molecule has 3 aromatic rings. The molecule has 2 aromatic carbocycles. The third kappa shape index (κ3) is 2.73. The molecule has 0 aliphatic heterocycles. The van der Waals surface area contributed by atoms with Crippen molar-refractivity contribution in [2.75, 3.05) is 0 Å². The summed E-state index contributed by atoms with van der Waals surface area (Å²) in [6, 6.07) is 17.1. The summed E-state index contributed by atoms with van der Waals surface area (Å²) in [5, 5.41) is 4.62. The molecular formula is C16H14BrNS. The Balaban J connectivity index is 1.87. The zero-order valence-electron chi connectivity index (χ0n) is 10.3. The second-order valence-electron chi connectivity index (χ2n) is 4.62. The lowest BCUT2D eigenvalue weighted by Gasteiger charge is -2.11. The molecule has 3 rings (SSSR count). The van der Waals surface area contributed by atoms with Gasteiger partial charge in [-0.25, -0.2) is 0 Å². The average molecular weight is 332 g/mol. The first-order valence-electron chi connectivity index (χ1n) is 6.20. The van der Waals surface area contributed by atoms with Crippen LogP contribution >= 0.6 is 27.3 Å². The van der Waals surface area contributed by atoms with Gasteiger partial charge in [0.1, 0.15) is 0 Å². The smallest absolute Gasteiger partial charge is 0.0442 e. The Bertz CT molecular complexity index is 705. The minimum atomic E-state index is 0.0514. The van der Waals surface area contributed by atoms with Gasteiger partial charge in [0.25, 0.3) is 0 Å². The standard InChI is InChI=1S/C16H14BrNS/c17-14-7-8-19-16(14)15(18)10-11-5-6-12-3-1-2-4-13(12)9-11/h1-9,15H,10,18H2. The van der Waals surface area contributed by atoms with Crippen LogP contribution in [0.2, 0.25) is 0 Å². The van der Waals surface area contributed by atoms with Crippen LogP contribution in [-0.4, -0.2) is 0 Å². The summed E-state index contributed by atoms with van der Waals surface area (Å²) in [6.45, 7) is 0. The molecule has 0 radical (unpaired) electrons. The van der Waals surface area contributed by atoms with Crippen LogP contribution < -0.4 is 5.73 Å². The fourth-order valence-electron chi connectivity index (χ4n) is 2.28. The van der Waals surface area contributed by atoms with Crippen molar-refractivity contribution in [2.45, 2.75) is 12.5 Å². The molecule has 0 spiro atoms. The number of benzene rings is 2. The second kappa shape index (κ2) is 5.45. The third-order valence-corrected chi connectivity index (χ3v) is 5.25. The zero-order chi connectivity index (χ0) is 13.2. The molecule has 2 N–H and O–H groups in total. The number of nitrogens with two attached hydrogens (primary N) is 1. The number of halogens is 1. The van der Waals surface area contributed by atoms with Gasteiger partial charge in [0, 0.05) is 15.4 Å². The first kappa shape index (κ1) is 12.9. The fourth-order valence-corrected chi connectivity index (χ4v) is 3.95. The van der Waals surface area contributed by atoms with Gasteiger partial charge in [0.15, 0.2) is 0 Å². The van der Waals surface area contributed by atoms with Crippen molar-refractivity contribution in [1.82, 2.24) is 0 Å². The zero-order valence-corrected chi connectivity index (χ0v) is 12.7. The molecule has 96 valence electrons. The summed E-state index contributed by atoms with van der Waals surface area (Å²) in [5.41, 5.74) is 7.58. The Morgan fingerprint density at radius 2 is 1.84 bits per heavy atom. The highest BCUT2D eigenvalue weighted by atomic mass is 79.9. The summed E-state index contributed by atoms with van der Waals surface area (Å²) >= 11 is 5.26. The lowest BCUT2D eigenvalue weighted by Crippen LogP contribution is -2.12. The Kier molecular flexibility index (Phi) is 3.69. The van der Waals surface area contributed by atoms with E-state index in [0.717, 1.165) is 10.9 Å². The van der Waals surface area contributed by atoms with Gasteiger partial charge in [-0.15, -0.1) is 11.3 Å². The van der Waals surface area contributed by atoms with E-state index < -0.39 is 0 Å². The van der Waals surface area contributed by atoms with E-state index in [4.69, 9.17) is 5.73 Å². The maximum atomic E-state index is 6.30. The monoisotopic (exact) mass is 331 g/mol. The third-order valence-electron chi connectivity index (χ3n) is 3.25. The van der Waals surface area contributed by atoms with Gasteiger partial charge in [-0.3, -0.25) is 0 Å². The van der Waals surface area contributed by atoms with Gasteiger partial charge < -0.3 is 5.73 Å². The summed E-state index contributed by atoms with van der Waals surface area (Å²) in [5.74, 6) is 0. The number of hydrogen-bond acceptors (Lipinski definition) is 2. The number of thiophene rings is 1. The molecule has 0 bridgehead atoms. The Hall–Kier alpha value is -1.16. The van der Waals surface area contributed by atoms with Gasteiger partial charge >= 0.3 is 0 Å². The van der Waals surface area contributed by atoms with Crippen molar-refractivity contribution in [1.29, 1.82) is 0 Å². The van der Waals surface area contributed by atoms with Crippen molar-refractivity contribution in [3.63, 3.8) is 0 Å². The Labute approximate surface area is 125 Å². The average Bonchev–Trinajstić information content (AvgIpc) is 2.85. The molecule has 0 saturated carbocycles. The molecule has 1 heterocycles. The quantitative estimate of drug-likeness (QED) is 0.725.